The number of ether oxygens (including phenoxy) is 1. The highest BCUT2D eigenvalue weighted by atomic mass is 16.6. The minimum absolute atomic E-state index is 0.0541. The largest absolute Gasteiger partial charge is 0.454 e. The maximum Gasteiger partial charge on any atom is 0.343 e. The second-order valence-corrected chi connectivity index (χ2v) is 6.96. The normalized spacial score (nSPS) is 18.2. The van der Waals surface area contributed by atoms with Crippen LogP contribution >= 0.6 is 0 Å². The number of aliphatic hydroxyl groups is 1. The molecule has 2 N–H and O–H groups in total. The van der Waals surface area contributed by atoms with Crippen molar-refractivity contribution in [3.05, 3.63) is 35.9 Å². The average Bonchev–Trinajstić information content (AvgIpc) is 3.17. The lowest BCUT2D eigenvalue weighted by Gasteiger charge is -2.33. The molecular weight excluding hydrogens is 314 g/mol. The van der Waals surface area contributed by atoms with Crippen LogP contribution in [0.2, 0.25) is 0 Å². The number of rotatable bonds is 7. The maximum absolute atomic E-state index is 12.9. The van der Waals surface area contributed by atoms with Gasteiger partial charge in [-0.1, -0.05) is 63.9 Å². The van der Waals surface area contributed by atoms with E-state index in [0.717, 1.165) is 38.6 Å². The Labute approximate surface area is 153 Å². The fraction of sp³-hybridized carbons (Fsp3) is 0.667. The first-order chi connectivity index (χ1) is 12.0. The zero-order chi connectivity index (χ0) is 18.9. The van der Waals surface area contributed by atoms with Crippen molar-refractivity contribution in [3.63, 3.8) is 0 Å². The number of hydrogen-bond acceptors (Lipinski definition) is 3. The van der Waals surface area contributed by atoms with Crippen molar-refractivity contribution in [2.75, 3.05) is 20.6 Å². The van der Waals surface area contributed by atoms with E-state index in [1.165, 1.54) is 4.90 Å². The number of esters is 1. The third kappa shape index (κ3) is 5.55. The van der Waals surface area contributed by atoms with Crippen molar-refractivity contribution in [2.45, 2.75) is 64.6 Å². The fourth-order valence-electron chi connectivity index (χ4n) is 3.52. The van der Waals surface area contributed by atoms with E-state index in [1.807, 2.05) is 65.2 Å². The lowest BCUT2D eigenvalue weighted by Crippen LogP contribution is -3.07. The van der Waals surface area contributed by atoms with Crippen molar-refractivity contribution < 1.29 is 19.5 Å². The van der Waals surface area contributed by atoms with Gasteiger partial charge in [0.1, 0.15) is 6.54 Å². The summed E-state index contributed by atoms with van der Waals surface area (Å²) in [6, 6.07) is 9.29. The summed E-state index contributed by atoms with van der Waals surface area (Å²) in [5.74, 6) is -0.537. The summed E-state index contributed by atoms with van der Waals surface area (Å²) in [5.41, 5.74) is -0.865. The summed E-state index contributed by atoms with van der Waals surface area (Å²) in [6.07, 6.45) is 4.46. The Balaban J connectivity index is 0.00000151. The van der Waals surface area contributed by atoms with Gasteiger partial charge in [0.25, 0.3) is 0 Å². The molecule has 2 atom stereocenters. The Bertz CT molecular complexity index is 497. The summed E-state index contributed by atoms with van der Waals surface area (Å²) >= 11 is 0. The lowest BCUT2D eigenvalue weighted by atomic mass is 9.80. The van der Waals surface area contributed by atoms with Crippen LogP contribution in [0.3, 0.4) is 0 Å². The van der Waals surface area contributed by atoms with Crippen molar-refractivity contribution in [2.24, 2.45) is 5.92 Å². The number of likely N-dealkylation sites (N-methyl/N-ethyl adjacent to an activating group) is 1. The van der Waals surface area contributed by atoms with Crippen molar-refractivity contribution in [3.8, 4) is 0 Å². The lowest BCUT2D eigenvalue weighted by molar-refractivity contribution is -0.861. The van der Waals surface area contributed by atoms with Gasteiger partial charge < -0.3 is 14.7 Å². The third-order valence-electron chi connectivity index (χ3n) is 4.84. The minimum Gasteiger partial charge on any atom is -0.454 e. The van der Waals surface area contributed by atoms with Crippen LogP contribution in [0, 0.1) is 5.92 Å². The number of carbonyl (C=O) groups excluding carboxylic acids is 1. The molecule has 4 heteroatoms. The van der Waals surface area contributed by atoms with Gasteiger partial charge in [-0.3, -0.25) is 0 Å². The molecular formula is C21H36NO3+. The first-order valence-corrected chi connectivity index (χ1v) is 9.76. The second-order valence-electron chi connectivity index (χ2n) is 6.96. The molecule has 25 heavy (non-hydrogen) atoms. The topological polar surface area (TPSA) is 51.0 Å². The predicted molar refractivity (Wildman–Crippen MR) is 101 cm³/mol. The van der Waals surface area contributed by atoms with Crippen molar-refractivity contribution in [1.82, 2.24) is 0 Å². The molecule has 1 aliphatic rings. The van der Waals surface area contributed by atoms with Gasteiger partial charge in [0.05, 0.1) is 14.1 Å². The molecule has 0 aliphatic heterocycles. The van der Waals surface area contributed by atoms with Crippen LogP contribution in [-0.2, 0) is 15.1 Å². The highest BCUT2D eigenvalue weighted by Crippen LogP contribution is 2.41. The van der Waals surface area contributed by atoms with E-state index in [1.54, 1.807) is 0 Å². The van der Waals surface area contributed by atoms with Gasteiger partial charge in [0.2, 0.25) is 0 Å². The molecule has 142 valence electrons. The molecule has 1 aromatic carbocycles. The van der Waals surface area contributed by atoms with Crippen LogP contribution in [0.15, 0.2) is 30.3 Å². The first kappa shape index (κ1) is 21.7. The number of nitrogens with one attached hydrogen (secondary N) is 1. The molecule has 0 bridgehead atoms. The van der Waals surface area contributed by atoms with Crippen LogP contribution < -0.4 is 4.90 Å². The van der Waals surface area contributed by atoms with Crippen molar-refractivity contribution >= 4 is 5.97 Å². The minimum atomic E-state index is -1.52. The van der Waals surface area contributed by atoms with Crippen LogP contribution in [-0.4, -0.2) is 37.8 Å². The number of hydrogen-bond donors (Lipinski definition) is 2. The monoisotopic (exact) mass is 350 g/mol. The molecule has 0 saturated heterocycles. The van der Waals surface area contributed by atoms with Crippen molar-refractivity contribution in [1.29, 1.82) is 0 Å². The second kappa shape index (κ2) is 10.6. The maximum atomic E-state index is 12.9. The molecule has 2 unspecified atom stereocenters. The third-order valence-corrected chi connectivity index (χ3v) is 4.84. The Hall–Kier alpha value is -1.39. The van der Waals surface area contributed by atoms with E-state index in [2.05, 4.69) is 0 Å². The molecule has 0 amide bonds. The molecule has 1 saturated carbocycles. The van der Waals surface area contributed by atoms with Crippen LogP contribution in [0.5, 0.6) is 0 Å². The summed E-state index contributed by atoms with van der Waals surface area (Å²) in [6.45, 7) is 6.76. The first-order valence-electron chi connectivity index (χ1n) is 9.76. The van der Waals surface area contributed by atoms with Gasteiger partial charge in [-0.15, -0.1) is 0 Å². The molecule has 1 aromatic rings. The summed E-state index contributed by atoms with van der Waals surface area (Å²) in [7, 11) is 4.08. The van der Waals surface area contributed by atoms with E-state index in [4.69, 9.17) is 4.74 Å². The van der Waals surface area contributed by atoms with Gasteiger partial charge in [0, 0.05) is 5.92 Å². The molecule has 0 spiro atoms. The van der Waals surface area contributed by atoms with E-state index in [9.17, 15) is 9.90 Å². The zero-order valence-electron chi connectivity index (χ0n) is 16.5. The summed E-state index contributed by atoms with van der Waals surface area (Å²) in [4.78, 5) is 14.2. The van der Waals surface area contributed by atoms with Crippen LogP contribution in [0.25, 0.3) is 0 Å². The Morgan fingerprint density at radius 2 is 1.80 bits per heavy atom. The smallest absolute Gasteiger partial charge is 0.343 e. The quantitative estimate of drug-likeness (QED) is 0.743. The summed E-state index contributed by atoms with van der Waals surface area (Å²) in [5, 5.41) is 11.3. The van der Waals surface area contributed by atoms with Gasteiger partial charge in [-0.25, -0.2) is 4.79 Å². The number of quaternary nitrogens is 1. The highest BCUT2D eigenvalue weighted by Gasteiger charge is 2.48. The molecule has 0 radical (unpaired) electrons. The Morgan fingerprint density at radius 1 is 1.24 bits per heavy atom. The molecule has 0 aromatic heterocycles. The number of benzene rings is 1. The SMILES string of the molecule is CC.CCC(C[NH+](C)C)OC(=O)C(O)(c1ccccc1)C1CCCC1. The van der Waals surface area contributed by atoms with E-state index in [-0.39, 0.29) is 12.0 Å². The molecule has 0 heterocycles. The van der Waals surface area contributed by atoms with Gasteiger partial charge >= 0.3 is 5.97 Å². The standard InChI is InChI=1S/C19H29NO3.C2H6/c1-4-17(14-20(2)3)23-18(21)19(22,16-12-8-9-13-16)15-10-6-5-7-11-15;1-2/h5-7,10-11,16-17,22H,4,8-9,12-14H2,1-3H3;1-2H3/p+1. The van der Waals surface area contributed by atoms with E-state index in [0.29, 0.717) is 5.56 Å². The average molecular weight is 351 g/mol. The molecule has 1 aliphatic carbocycles. The van der Waals surface area contributed by atoms with Gasteiger partial charge in [0.15, 0.2) is 11.7 Å². The molecule has 2 rings (SSSR count). The Kier molecular flexibility index (Phi) is 9.15. The van der Waals surface area contributed by atoms with Crippen LogP contribution in [0.4, 0.5) is 0 Å². The van der Waals surface area contributed by atoms with Crippen LogP contribution in [0.1, 0.15) is 58.4 Å². The van der Waals surface area contributed by atoms with E-state index < -0.39 is 11.6 Å². The predicted octanol–water partition coefficient (Wildman–Crippen LogP) is 2.56. The Morgan fingerprint density at radius 3 is 2.28 bits per heavy atom. The zero-order valence-corrected chi connectivity index (χ0v) is 16.5. The fourth-order valence-corrected chi connectivity index (χ4v) is 3.52. The molecule has 1 fully saturated rings. The van der Waals surface area contributed by atoms with Gasteiger partial charge in [-0.05, 0) is 24.8 Å². The van der Waals surface area contributed by atoms with E-state index >= 15 is 0 Å². The highest BCUT2D eigenvalue weighted by molar-refractivity contribution is 5.81. The summed E-state index contributed by atoms with van der Waals surface area (Å²) < 4.78 is 5.73. The van der Waals surface area contributed by atoms with Gasteiger partial charge in [-0.2, -0.15) is 0 Å². The molecule has 4 nitrogen and oxygen atoms in total. The number of carbonyl (C=O) groups is 1.